The highest BCUT2D eigenvalue weighted by Gasteiger charge is 2.24. The van der Waals surface area contributed by atoms with Crippen LogP contribution in [0.5, 0.6) is 0 Å². The van der Waals surface area contributed by atoms with Gasteiger partial charge in [0.05, 0.1) is 23.6 Å². The number of amides is 1. The lowest BCUT2D eigenvalue weighted by atomic mass is 10.1. The van der Waals surface area contributed by atoms with Gasteiger partial charge in [-0.05, 0) is 42.8 Å². The number of nitrogens with one attached hydrogen (secondary N) is 2. The van der Waals surface area contributed by atoms with Gasteiger partial charge in [0.1, 0.15) is 11.6 Å². The fraction of sp³-hybridized carbons (Fsp3) is 0.286. The molecule has 0 saturated heterocycles. The second-order valence-corrected chi connectivity index (χ2v) is 6.49. The Hall–Kier alpha value is -2.93. The molecule has 0 aromatic heterocycles. The molecular weight excluding hydrogens is 364 g/mol. The average molecular weight is 387 g/mol. The van der Waals surface area contributed by atoms with Crippen molar-refractivity contribution >= 4 is 28.5 Å². The van der Waals surface area contributed by atoms with E-state index in [2.05, 4.69) is 10.6 Å². The minimum Gasteiger partial charge on any atom is -0.383 e. The molecule has 148 valence electrons. The van der Waals surface area contributed by atoms with Gasteiger partial charge in [-0.15, -0.1) is 0 Å². The number of ether oxygens (including phenoxy) is 1. The van der Waals surface area contributed by atoms with Crippen LogP contribution in [0.25, 0.3) is 5.57 Å². The van der Waals surface area contributed by atoms with Gasteiger partial charge in [-0.25, -0.2) is 8.78 Å². The number of hydrogen-bond acceptors (Lipinski definition) is 4. The Bertz CT molecular complexity index is 899. The Morgan fingerprint density at radius 1 is 1.18 bits per heavy atom. The van der Waals surface area contributed by atoms with Gasteiger partial charge in [0, 0.05) is 37.7 Å². The van der Waals surface area contributed by atoms with Crippen LogP contribution >= 0.6 is 0 Å². The predicted octanol–water partition coefficient (Wildman–Crippen LogP) is 4.23. The lowest BCUT2D eigenvalue weighted by Crippen LogP contribution is -2.28. The van der Waals surface area contributed by atoms with Crippen molar-refractivity contribution in [3.63, 3.8) is 0 Å². The summed E-state index contributed by atoms with van der Waals surface area (Å²) in [4.78, 5) is 14.1. The lowest BCUT2D eigenvalue weighted by Gasteiger charge is -2.24. The zero-order chi connectivity index (χ0) is 20.1. The highest BCUT2D eigenvalue weighted by Crippen LogP contribution is 2.32. The Kier molecular flexibility index (Phi) is 6.26. The molecular formula is C21H23F2N3O2. The predicted molar refractivity (Wildman–Crippen MR) is 107 cm³/mol. The Morgan fingerprint density at radius 2 is 2.00 bits per heavy atom. The van der Waals surface area contributed by atoms with Crippen molar-refractivity contribution in [2.24, 2.45) is 0 Å². The molecule has 2 aromatic carbocycles. The summed E-state index contributed by atoms with van der Waals surface area (Å²) in [6.07, 6.45) is 2.40. The third kappa shape index (κ3) is 4.31. The molecule has 5 nitrogen and oxygen atoms in total. The molecule has 28 heavy (non-hydrogen) atoms. The number of benzene rings is 2. The maximum absolute atomic E-state index is 14.6. The summed E-state index contributed by atoms with van der Waals surface area (Å²) < 4.78 is 33.1. The van der Waals surface area contributed by atoms with Crippen molar-refractivity contribution in [3.8, 4) is 0 Å². The molecule has 0 fully saturated rings. The summed E-state index contributed by atoms with van der Waals surface area (Å²) in [6, 6.07) is 8.95. The van der Waals surface area contributed by atoms with Crippen LogP contribution in [0.4, 0.5) is 25.8 Å². The Balaban J connectivity index is 1.78. The topological polar surface area (TPSA) is 53.6 Å². The Labute approximate surface area is 163 Å². The highest BCUT2D eigenvalue weighted by molar-refractivity contribution is 6.31. The van der Waals surface area contributed by atoms with E-state index in [0.717, 1.165) is 13.0 Å². The largest absolute Gasteiger partial charge is 0.383 e. The smallest absolute Gasteiger partial charge is 0.257 e. The lowest BCUT2D eigenvalue weighted by molar-refractivity contribution is -0.110. The highest BCUT2D eigenvalue weighted by atomic mass is 19.1. The molecule has 2 N–H and O–H groups in total. The van der Waals surface area contributed by atoms with Gasteiger partial charge >= 0.3 is 0 Å². The molecule has 0 atom stereocenters. The molecule has 1 heterocycles. The zero-order valence-corrected chi connectivity index (χ0v) is 15.9. The van der Waals surface area contributed by atoms with E-state index in [1.54, 1.807) is 19.2 Å². The number of rotatable bonds is 8. The summed E-state index contributed by atoms with van der Waals surface area (Å²) in [5.41, 5.74) is 2.42. The number of fused-ring (bicyclic) bond motifs is 1. The van der Waals surface area contributed by atoms with E-state index in [1.807, 2.05) is 11.8 Å². The van der Waals surface area contributed by atoms with E-state index >= 15 is 0 Å². The Morgan fingerprint density at radius 3 is 2.71 bits per heavy atom. The second-order valence-electron chi connectivity index (χ2n) is 6.49. The van der Waals surface area contributed by atoms with E-state index in [9.17, 15) is 13.6 Å². The van der Waals surface area contributed by atoms with Crippen molar-refractivity contribution in [1.29, 1.82) is 0 Å². The van der Waals surface area contributed by atoms with Crippen LogP contribution in [0, 0.1) is 11.6 Å². The number of halogens is 2. The molecule has 0 bridgehead atoms. The molecule has 0 saturated carbocycles. The molecule has 1 aliphatic heterocycles. The number of methoxy groups -OCH3 is 1. The van der Waals surface area contributed by atoms with E-state index < -0.39 is 5.82 Å². The maximum Gasteiger partial charge on any atom is 0.257 e. The zero-order valence-electron chi connectivity index (χ0n) is 15.9. The van der Waals surface area contributed by atoms with Gasteiger partial charge in [0.25, 0.3) is 5.91 Å². The van der Waals surface area contributed by atoms with Crippen LogP contribution in [0.3, 0.4) is 0 Å². The summed E-state index contributed by atoms with van der Waals surface area (Å²) in [5, 5.41) is 5.57. The molecule has 1 amide bonds. The first-order chi connectivity index (χ1) is 13.5. The standard InChI is InChI=1S/C21H23F2N3O2/c1-3-8-26(9-10-28-2)20-7-5-15(12-18(20)23)24-13-17-16-6-4-14(22)11-19(16)25-21(17)27/h4-7,11-13,24H,3,8-10H2,1-2H3,(H,25,27)/b17-13+. The van der Waals surface area contributed by atoms with Crippen LogP contribution in [0.15, 0.2) is 42.6 Å². The van der Waals surface area contributed by atoms with Crippen molar-refractivity contribution in [1.82, 2.24) is 0 Å². The van der Waals surface area contributed by atoms with E-state index in [1.165, 1.54) is 30.5 Å². The van der Waals surface area contributed by atoms with E-state index in [0.29, 0.717) is 41.4 Å². The first kappa shape index (κ1) is 19.8. The summed E-state index contributed by atoms with van der Waals surface area (Å²) in [7, 11) is 1.62. The fourth-order valence-electron chi connectivity index (χ4n) is 3.14. The number of hydrogen-bond donors (Lipinski definition) is 2. The molecule has 0 unspecified atom stereocenters. The normalized spacial score (nSPS) is 14.1. The third-order valence-electron chi connectivity index (χ3n) is 4.50. The minimum atomic E-state index is -0.420. The van der Waals surface area contributed by atoms with Gasteiger partial charge in [-0.3, -0.25) is 4.79 Å². The molecule has 1 aliphatic rings. The van der Waals surface area contributed by atoms with Crippen LogP contribution in [-0.2, 0) is 9.53 Å². The van der Waals surface area contributed by atoms with Gasteiger partial charge in [-0.1, -0.05) is 6.92 Å². The average Bonchev–Trinajstić information content (AvgIpc) is 2.98. The molecule has 0 spiro atoms. The summed E-state index contributed by atoms with van der Waals surface area (Å²) in [5.74, 6) is -1.11. The minimum absolute atomic E-state index is 0.334. The summed E-state index contributed by atoms with van der Waals surface area (Å²) >= 11 is 0. The van der Waals surface area contributed by atoms with Crippen molar-refractivity contribution < 1.29 is 18.3 Å². The summed E-state index contributed by atoms with van der Waals surface area (Å²) in [6.45, 7) is 3.88. The molecule has 0 aliphatic carbocycles. The molecule has 7 heteroatoms. The number of carbonyl (C=O) groups excluding carboxylic acids is 1. The van der Waals surface area contributed by atoms with Gasteiger partial charge in [0.15, 0.2) is 0 Å². The van der Waals surface area contributed by atoms with Crippen molar-refractivity contribution in [3.05, 3.63) is 59.8 Å². The van der Waals surface area contributed by atoms with Crippen LogP contribution in [-0.4, -0.2) is 32.7 Å². The molecule has 3 rings (SSSR count). The first-order valence-corrected chi connectivity index (χ1v) is 9.15. The number of nitrogens with zero attached hydrogens (tertiary/aromatic N) is 1. The van der Waals surface area contributed by atoms with Crippen LogP contribution in [0.1, 0.15) is 18.9 Å². The molecule has 0 radical (unpaired) electrons. The van der Waals surface area contributed by atoms with Gasteiger partial charge in [0.2, 0.25) is 0 Å². The van der Waals surface area contributed by atoms with E-state index in [4.69, 9.17) is 4.74 Å². The fourth-order valence-corrected chi connectivity index (χ4v) is 3.14. The maximum atomic E-state index is 14.6. The van der Waals surface area contributed by atoms with Crippen molar-refractivity contribution in [2.75, 3.05) is 42.3 Å². The third-order valence-corrected chi connectivity index (χ3v) is 4.50. The second kappa shape index (κ2) is 8.84. The number of anilines is 3. The van der Waals surface area contributed by atoms with Gasteiger partial charge in [-0.2, -0.15) is 0 Å². The van der Waals surface area contributed by atoms with Crippen molar-refractivity contribution in [2.45, 2.75) is 13.3 Å². The van der Waals surface area contributed by atoms with E-state index in [-0.39, 0.29) is 11.7 Å². The van der Waals surface area contributed by atoms with Crippen LogP contribution < -0.4 is 15.5 Å². The SMILES string of the molecule is CCCN(CCOC)c1ccc(N/C=C2/C(=O)Nc3cc(F)ccc32)cc1F. The first-order valence-electron chi connectivity index (χ1n) is 9.15. The van der Waals surface area contributed by atoms with Gasteiger partial charge < -0.3 is 20.3 Å². The quantitative estimate of drug-likeness (QED) is 0.666. The number of carbonyl (C=O) groups is 1. The van der Waals surface area contributed by atoms with Crippen LogP contribution in [0.2, 0.25) is 0 Å². The molecule has 2 aromatic rings. The monoisotopic (exact) mass is 387 g/mol.